The third-order valence-corrected chi connectivity index (χ3v) is 4.42. The number of nitrogens with zero attached hydrogens (tertiary/aromatic N) is 4. The van der Waals surface area contributed by atoms with Gasteiger partial charge in [0.05, 0.1) is 11.5 Å². The van der Waals surface area contributed by atoms with Crippen molar-refractivity contribution in [2.75, 3.05) is 6.26 Å². The Morgan fingerprint density at radius 2 is 2.09 bits per heavy atom. The van der Waals surface area contributed by atoms with Crippen LogP contribution in [-0.4, -0.2) is 26.6 Å². The van der Waals surface area contributed by atoms with Gasteiger partial charge >= 0.3 is 0 Å². The van der Waals surface area contributed by atoms with E-state index in [4.69, 9.17) is 8.94 Å². The molecule has 0 saturated heterocycles. The zero-order chi connectivity index (χ0) is 15.4. The summed E-state index contributed by atoms with van der Waals surface area (Å²) in [6.07, 6.45) is 1.99. The van der Waals surface area contributed by atoms with Crippen LogP contribution >= 0.6 is 39.5 Å². The fraction of sp³-hybridized carbons (Fsp3) is 0.231. The van der Waals surface area contributed by atoms with Gasteiger partial charge in [-0.25, -0.2) is 0 Å². The second-order valence-electron chi connectivity index (χ2n) is 4.21. The van der Waals surface area contributed by atoms with Gasteiger partial charge in [0.2, 0.25) is 17.6 Å². The van der Waals surface area contributed by atoms with Crippen molar-refractivity contribution < 1.29 is 8.94 Å². The summed E-state index contributed by atoms with van der Waals surface area (Å²) < 4.78 is 11.7. The summed E-state index contributed by atoms with van der Waals surface area (Å²) in [4.78, 5) is 4.37. The minimum atomic E-state index is 0.488. The van der Waals surface area contributed by atoms with E-state index in [-0.39, 0.29) is 0 Å². The average molecular weight is 399 g/mol. The predicted molar refractivity (Wildman–Crippen MR) is 88.5 cm³/mol. The normalized spacial score (nSPS) is 11.0. The molecule has 6 nitrogen and oxygen atoms in total. The molecule has 2 aromatic heterocycles. The molecule has 0 atom stereocenters. The molecule has 0 spiro atoms. The maximum atomic E-state index is 5.48. The maximum absolute atomic E-state index is 5.48. The van der Waals surface area contributed by atoms with E-state index in [1.807, 2.05) is 30.5 Å². The Kier molecular flexibility index (Phi) is 5.16. The number of thioether (sulfide) groups is 2. The van der Waals surface area contributed by atoms with E-state index in [0.29, 0.717) is 34.3 Å². The molecule has 22 heavy (non-hydrogen) atoms. The maximum Gasteiger partial charge on any atom is 0.277 e. The third-order valence-electron chi connectivity index (χ3n) is 2.59. The van der Waals surface area contributed by atoms with E-state index in [1.165, 1.54) is 11.8 Å². The Balaban J connectivity index is 1.64. The lowest BCUT2D eigenvalue weighted by atomic mass is 10.2. The number of benzene rings is 1. The second-order valence-corrected chi connectivity index (χ2v) is 6.91. The third kappa shape index (κ3) is 3.90. The van der Waals surface area contributed by atoms with Crippen molar-refractivity contribution >= 4 is 39.5 Å². The van der Waals surface area contributed by atoms with Crippen molar-refractivity contribution in [2.24, 2.45) is 0 Å². The van der Waals surface area contributed by atoms with E-state index in [9.17, 15) is 0 Å². The standard InChI is InChI=1S/C13H11BrN4O2S2/c1-21-6-11-16-17-13(19-11)22-7-10-15-12(18-20-10)8-3-2-4-9(14)5-8/h2-5H,6-7H2,1H3. The minimum absolute atomic E-state index is 0.488. The predicted octanol–water partition coefficient (Wildman–Crippen LogP) is 4.04. The van der Waals surface area contributed by atoms with Crippen LogP contribution in [-0.2, 0) is 11.5 Å². The lowest BCUT2D eigenvalue weighted by Crippen LogP contribution is -1.83. The second kappa shape index (κ2) is 7.30. The number of hydrogen-bond acceptors (Lipinski definition) is 8. The van der Waals surface area contributed by atoms with Gasteiger partial charge < -0.3 is 8.94 Å². The van der Waals surface area contributed by atoms with Crippen LogP contribution in [0.4, 0.5) is 0 Å². The molecule has 0 aliphatic carbocycles. The summed E-state index contributed by atoms with van der Waals surface area (Å²) >= 11 is 6.43. The quantitative estimate of drug-likeness (QED) is 0.575. The van der Waals surface area contributed by atoms with Crippen LogP contribution in [0.3, 0.4) is 0 Å². The fourth-order valence-electron chi connectivity index (χ4n) is 1.66. The largest absolute Gasteiger partial charge is 0.415 e. The molecule has 0 saturated carbocycles. The molecular formula is C13H11BrN4O2S2. The number of aromatic nitrogens is 4. The van der Waals surface area contributed by atoms with Gasteiger partial charge in [-0.2, -0.15) is 16.7 Å². The van der Waals surface area contributed by atoms with Crippen molar-refractivity contribution in [2.45, 2.75) is 16.7 Å². The van der Waals surface area contributed by atoms with Crippen molar-refractivity contribution in [1.29, 1.82) is 0 Å². The highest BCUT2D eigenvalue weighted by Gasteiger charge is 2.12. The van der Waals surface area contributed by atoms with Crippen LogP contribution in [0.1, 0.15) is 11.8 Å². The van der Waals surface area contributed by atoms with Gasteiger partial charge in [0.1, 0.15) is 0 Å². The Labute approximate surface area is 143 Å². The molecule has 114 valence electrons. The van der Waals surface area contributed by atoms with Crippen LogP contribution < -0.4 is 0 Å². The first-order valence-electron chi connectivity index (χ1n) is 6.27. The number of hydrogen-bond donors (Lipinski definition) is 0. The van der Waals surface area contributed by atoms with E-state index < -0.39 is 0 Å². The highest BCUT2D eigenvalue weighted by Crippen LogP contribution is 2.24. The Morgan fingerprint density at radius 3 is 2.91 bits per heavy atom. The first-order chi connectivity index (χ1) is 10.7. The van der Waals surface area contributed by atoms with Gasteiger partial charge in [0.25, 0.3) is 5.22 Å². The number of halogens is 1. The Hall–Kier alpha value is -1.32. The smallest absolute Gasteiger partial charge is 0.277 e. The molecule has 0 bridgehead atoms. The SMILES string of the molecule is CSCc1nnc(SCc2nc(-c3cccc(Br)c3)no2)o1. The molecule has 1 aromatic carbocycles. The van der Waals surface area contributed by atoms with Gasteiger partial charge in [-0.05, 0) is 18.4 Å². The zero-order valence-electron chi connectivity index (χ0n) is 11.5. The monoisotopic (exact) mass is 398 g/mol. The Morgan fingerprint density at radius 1 is 1.18 bits per heavy atom. The fourth-order valence-corrected chi connectivity index (χ4v) is 3.04. The van der Waals surface area contributed by atoms with Gasteiger partial charge in [-0.3, -0.25) is 0 Å². The van der Waals surface area contributed by atoms with E-state index in [0.717, 1.165) is 10.0 Å². The van der Waals surface area contributed by atoms with Crippen LogP contribution in [0.25, 0.3) is 11.4 Å². The van der Waals surface area contributed by atoms with Crippen LogP contribution in [0.15, 0.2) is 42.9 Å². The summed E-state index contributed by atoms with van der Waals surface area (Å²) in [6, 6.07) is 7.74. The van der Waals surface area contributed by atoms with Crippen molar-refractivity contribution in [3.05, 3.63) is 40.5 Å². The summed E-state index contributed by atoms with van der Waals surface area (Å²) in [6.45, 7) is 0. The zero-order valence-corrected chi connectivity index (χ0v) is 14.7. The lowest BCUT2D eigenvalue weighted by Gasteiger charge is -1.94. The van der Waals surface area contributed by atoms with Crippen molar-refractivity contribution in [3.63, 3.8) is 0 Å². The molecule has 9 heteroatoms. The molecule has 0 aliphatic rings. The van der Waals surface area contributed by atoms with E-state index in [1.54, 1.807) is 11.8 Å². The molecule has 0 unspecified atom stereocenters. The van der Waals surface area contributed by atoms with Gasteiger partial charge in [-0.1, -0.05) is 45.0 Å². The van der Waals surface area contributed by atoms with E-state index >= 15 is 0 Å². The molecule has 0 N–H and O–H groups in total. The summed E-state index contributed by atoms with van der Waals surface area (Å²) in [7, 11) is 0. The molecule has 3 rings (SSSR count). The van der Waals surface area contributed by atoms with Crippen LogP contribution in [0, 0.1) is 0 Å². The molecule has 0 amide bonds. The van der Waals surface area contributed by atoms with Crippen molar-refractivity contribution in [1.82, 2.24) is 20.3 Å². The molecule has 0 radical (unpaired) electrons. The highest BCUT2D eigenvalue weighted by atomic mass is 79.9. The molecule has 0 fully saturated rings. The van der Waals surface area contributed by atoms with Crippen LogP contribution in [0.5, 0.6) is 0 Å². The molecule has 0 aliphatic heterocycles. The lowest BCUT2D eigenvalue weighted by molar-refractivity contribution is 0.390. The first kappa shape index (κ1) is 15.6. The number of rotatable bonds is 6. The summed E-state index contributed by atoms with van der Waals surface area (Å²) in [5, 5.41) is 12.4. The van der Waals surface area contributed by atoms with Crippen molar-refractivity contribution in [3.8, 4) is 11.4 Å². The first-order valence-corrected chi connectivity index (χ1v) is 9.44. The highest BCUT2D eigenvalue weighted by molar-refractivity contribution is 9.10. The summed E-state index contributed by atoms with van der Waals surface area (Å²) in [5.41, 5.74) is 0.898. The van der Waals surface area contributed by atoms with Gasteiger partial charge in [0.15, 0.2) is 0 Å². The van der Waals surface area contributed by atoms with Gasteiger partial charge in [0, 0.05) is 10.0 Å². The molecular weight excluding hydrogens is 388 g/mol. The van der Waals surface area contributed by atoms with E-state index in [2.05, 4.69) is 36.3 Å². The Bertz CT molecular complexity index is 762. The van der Waals surface area contributed by atoms with Gasteiger partial charge in [-0.15, -0.1) is 10.2 Å². The van der Waals surface area contributed by atoms with Crippen LogP contribution in [0.2, 0.25) is 0 Å². The minimum Gasteiger partial charge on any atom is -0.415 e. The average Bonchev–Trinajstić information content (AvgIpc) is 3.15. The molecule has 2 heterocycles. The summed E-state index contributed by atoms with van der Waals surface area (Å²) in [5.74, 6) is 2.90. The topological polar surface area (TPSA) is 77.8 Å². The molecule has 3 aromatic rings.